The number of rotatable bonds is 12. The number of hydrogen-bond acceptors (Lipinski definition) is 6. The van der Waals surface area contributed by atoms with Crippen molar-refractivity contribution in [3.8, 4) is 0 Å². The summed E-state index contributed by atoms with van der Waals surface area (Å²) in [5, 5.41) is 17.7. The summed E-state index contributed by atoms with van der Waals surface area (Å²) < 4.78 is 4.64. The highest BCUT2D eigenvalue weighted by Crippen LogP contribution is 2.34. The molecule has 0 radical (unpaired) electrons. The van der Waals surface area contributed by atoms with Crippen LogP contribution in [0.25, 0.3) is 0 Å². The number of nitrogens with one attached hydrogen (secondary N) is 5. The molecule has 4 amide bonds. The summed E-state index contributed by atoms with van der Waals surface area (Å²) in [6.45, 7) is 3.69. The quantitative estimate of drug-likeness (QED) is 0.0593. The lowest BCUT2D eigenvalue weighted by Gasteiger charge is -2.08. The molecular weight excluding hydrogens is 586 g/mol. The molecule has 0 bridgehead atoms. The molecule has 7 N–H and O–H groups in total. The number of aromatic nitrogens is 3. The first-order valence-electron chi connectivity index (χ1n) is 11.7. The highest BCUT2D eigenvalue weighted by molar-refractivity contribution is 9.10. The highest BCUT2D eigenvalue weighted by atomic mass is 79.9. The fourth-order valence-corrected chi connectivity index (χ4v) is 4.42. The van der Waals surface area contributed by atoms with E-state index in [-0.39, 0.29) is 57.4 Å². The molecule has 0 aliphatic rings. The first-order chi connectivity index (χ1) is 18.9. The molecule has 0 aromatic carbocycles. The third-order valence-electron chi connectivity index (χ3n) is 5.85. The van der Waals surface area contributed by atoms with Crippen LogP contribution in [-0.2, 0) is 25.9 Å². The minimum Gasteiger partial charge on any atom is -0.388 e. The Labute approximate surface area is 237 Å². The Hall–Kier alpha value is -4.92. The molecule has 0 atom stereocenters. The maximum absolute atomic E-state index is 13.4. The number of anilines is 3. The summed E-state index contributed by atoms with van der Waals surface area (Å²) in [5.74, 6) is -2.38. The predicted molar refractivity (Wildman–Crippen MR) is 153 cm³/mol. The molecule has 210 valence electrons. The van der Waals surface area contributed by atoms with Crippen LogP contribution in [0.3, 0.4) is 0 Å². The van der Waals surface area contributed by atoms with Gasteiger partial charge in [0.05, 0.1) is 28.5 Å². The second-order valence-electron chi connectivity index (χ2n) is 8.67. The fourth-order valence-electron chi connectivity index (χ4n) is 3.94. The predicted octanol–water partition coefficient (Wildman–Crippen LogP) is 1.96. The lowest BCUT2D eigenvalue weighted by Crippen LogP contribution is -2.28. The van der Waals surface area contributed by atoms with E-state index in [4.69, 9.17) is 11.1 Å². The van der Waals surface area contributed by atoms with Crippen LogP contribution in [0.4, 0.5) is 17.1 Å². The number of carbonyl (C=O) groups excluding carboxylic acids is 5. The molecule has 0 unspecified atom stereocenters. The number of hydrogen-bond donors (Lipinski definition) is 6. The summed E-state index contributed by atoms with van der Waals surface area (Å²) in [4.78, 5) is 62.7. The van der Waals surface area contributed by atoms with Crippen molar-refractivity contribution in [1.29, 1.82) is 5.41 Å². The Morgan fingerprint density at radius 2 is 1.60 bits per heavy atom. The van der Waals surface area contributed by atoms with E-state index >= 15 is 0 Å². The molecule has 0 saturated heterocycles. The van der Waals surface area contributed by atoms with Crippen LogP contribution in [-0.4, -0.2) is 56.0 Å². The number of amidine groups is 1. The fraction of sp³-hybridized carbons (Fsp3) is 0.200. The molecule has 0 aliphatic heterocycles. The van der Waals surface area contributed by atoms with Gasteiger partial charge in [-0.25, -0.2) is 0 Å². The first-order valence-corrected chi connectivity index (χ1v) is 12.5. The maximum Gasteiger partial charge on any atom is 0.273 e. The lowest BCUT2D eigenvalue weighted by atomic mass is 10.1. The minimum absolute atomic E-state index is 0.0484. The van der Waals surface area contributed by atoms with Crippen molar-refractivity contribution in [2.75, 3.05) is 22.5 Å². The van der Waals surface area contributed by atoms with Crippen molar-refractivity contribution in [2.45, 2.75) is 6.42 Å². The van der Waals surface area contributed by atoms with Crippen LogP contribution in [0.1, 0.15) is 48.2 Å². The first kappa shape index (κ1) is 29.6. The monoisotopic (exact) mass is 613 g/mol. The average Bonchev–Trinajstić information content (AvgIpc) is 3.52. The molecule has 0 fully saturated rings. The zero-order valence-electron chi connectivity index (χ0n) is 21.9. The SMILES string of the molecule is C=CC(=O)c1c(NC(=O)c2cc(NC=O)cn2C)c(Br)n(C)c1C(=O)Nc1cc(C(=O)NCCC(=N)N)n(C)c1. The van der Waals surface area contributed by atoms with Crippen molar-refractivity contribution in [3.63, 3.8) is 0 Å². The summed E-state index contributed by atoms with van der Waals surface area (Å²) in [7, 11) is 4.76. The van der Waals surface area contributed by atoms with E-state index in [1.165, 1.54) is 45.3 Å². The summed E-state index contributed by atoms with van der Waals surface area (Å²) in [6, 6.07) is 2.91. The number of amides is 4. The average molecular weight is 614 g/mol. The Morgan fingerprint density at radius 1 is 1.00 bits per heavy atom. The number of halogens is 1. The van der Waals surface area contributed by atoms with Gasteiger partial charge >= 0.3 is 0 Å². The summed E-state index contributed by atoms with van der Waals surface area (Å²) in [5.41, 5.74) is 6.29. The van der Waals surface area contributed by atoms with Gasteiger partial charge in [-0.15, -0.1) is 0 Å². The van der Waals surface area contributed by atoms with Gasteiger partial charge in [-0.05, 0) is 34.1 Å². The molecule has 3 heterocycles. The number of allylic oxidation sites excluding steroid dienone is 1. The molecule has 0 aliphatic carbocycles. The number of carbonyl (C=O) groups is 5. The Balaban J connectivity index is 1.92. The molecule has 15 heteroatoms. The van der Waals surface area contributed by atoms with Crippen molar-refractivity contribution < 1.29 is 24.0 Å². The van der Waals surface area contributed by atoms with Crippen molar-refractivity contribution >= 4 is 68.7 Å². The molecular formula is C25H28BrN9O5. The van der Waals surface area contributed by atoms with E-state index in [0.717, 1.165) is 6.08 Å². The van der Waals surface area contributed by atoms with E-state index in [2.05, 4.69) is 43.8 Å². The van der Waals surface area contributed by atoms with Crippen molar-refractivity contribution in [1.82, 2.24) is 19.0 Å². The second kappa shape index (κ2) is 12.3. The third-order valence-corrected chi connectivity index (χ3v) is 6.78. The van der Waals surface area contributed by atoms with Crippen LogP contribution in [0.15, 0.2) is 41.8 Å². The molecule has 3 aromatic rings. The van der Waals surface area contributed by atoms with Gasteiger partial charge in [0.2, 0.25) is 6.41 Å². The van der Waals surface area contributed by atoms with E-state index in [1.807, 2.05) is 0 Å². The Kier molecular flexibility index (Phi) is 9.11. The minimum atomic E-state index is -0.681. The van der Waals surface area contributed by atoms with E-state index in [9.17, 15) is 24.0 Å². The van der Waals surface area contributed by atoms with E-state index in [1.54, 1.807) is 14.1 Å². The van der Waals surface area contributed by atoms with Gasteiger partial charge in [0.1, 0.15) is 21.7 Å². The van der Waals surface area contributed by atoms with Crippen molar-refractivity contribution in [2.24, 2.45) is 26.9 Å². The summed E-state index contributed by atoms with van der Waals surface area (Å²) >= 11 is 3.36. The van der Waals surface area contributed by atoms with Crippen LogP contribution in [0.5, 0.6) is 0 Å². The van der Waals surface area contributed by atoms with Gasteiger partial charge in [0.25, 0.3) is 17.7 Å². The van der Waals surface area contributed by atoms with Gasteiger partial charge in [0, 0.05) is 46.5 Å². The maximum atomic E-state index is 13.4. The smallest absolute Gasteiger partial charge is 0.273 e. The van der Waals surface area contributed by atoms with Gasteiger partial charge in [0.15, 0.2) is 5.78 Å². The van der Waals surface area contributed by atoms with Gasteiger partial charge in [-0.1, -0.05) is 6.58 Å². The topological polar surface area (TPSA) is 198 Å². The van der Waals surface area contributed by atoms with Gasteiger partial charge < -0.3 is 40.7 Å². The molecule has 0 saturated carbocycles. The van der Waals surface area contributed by atoms with E-state index in [0.29, 0.717) is 12.1 Å². The number of aryl methyl sites for hydroxylation is 2. The number of nitrogens with two attached hydrogens (primary N) is 1. The molecule has 0 spiro atoms. The molecule has 14 nitrogen and oxygen atoms in total. The number of ketones is 1. The van der Waals surface area contributed by atoms with Crippen LogP contribution in [0.2, 0.25) is 0 Å². The van der Waals surface area contributed by atoms with Gasteiger partial charge in [-0.2, -0.15) is 0 Å². The Bertz CT molecular complexity index is 1550. The third kappa shape index (κ3) is 6.20. The standard InChI is InChI=1S/C25H28BrN9O5/c1-5-17(37)19-20(32-24(39)16-8-13(30-12-36)10-33(16)2)22(26)35(4)21(19)25(40)31-14-9-15(34(3)11-14)23(38)29-7-6-18(27)28/h5,8-12H,1,6-7H2,2-4H3,(H3,27,28)(H,29,38)(H,30,36)(H,31,40)(H,32,39). The van der Waals surface area contributed by atoms with Crippen LogP contribution >= 0.6 is 15.9 Å². The number of nitrogens with zero attached hydrogens (tertiary/aromatic N) is 3. The Morgan fingerprint density at radius 3 is 2.20 bits per heavy atom. The highest BCUT2D eigenvalue weighted by Gasteiger charge is 2.30. The zero-order chi connectivity index (χ0) is 29.7. The van der Waals surface area contributed by atoms with E-state index < -0.39 is 23.5 Å². The van der Waals surface area contributed by atoms with Gasteiger partial charge in [-0.3, -0.25) is 29.4 Å². The lowest BCUT2D eigenvalue weighted by molar-refractivity contribution is -0.105. The van der Waals surface area contributed by atoms with Crippen molar-refractivity contribution in [3.05, 3.63) is 64.4 Å². The largest absolute Gasteiger partial charge is 0.388 e. The molecule has 3 rings (SSSR count). The molecule has 3 aromatic heterocycles. The van der Waals surface area contributed by atoms with Crippen LogP contribution < -0.4 is 27.0 Å². The zero-order valence-corrected chi connectivity index (χ0v) is 23.5. The summed E-state index contributed by atoms with van der Waals surface area (Å²) in [6.07, 6.45) is 4.76. The normalized spacial score (nSPS) is 10.5. The van der Waals surface area contributed by atoms with Crippen LogP contribution in [0, 0.1) is 5.41 Å². The molecule has 40 heavy (non-hydrogen) atoms. The second-order valence-corrected chi connectivity index (χ2v) is 9.42.